The zero-order valence-corrected chi connectivity index (χ0v) is 10.4. The van der Waals surface area contributed by atoms with Crippen molar-refractivity contribution in [3.8, 4) is 0 Å². The summed E-state index contributed by atoms with van der Waals surface area (Å²) in [7, 11) is 0. The maximum atomic E-state index is 10.4. The highest BCUT2D eigenvalue weighted by Crippen LogP contribution is 2.40. The number of thiophene rings is 1. The van der Waals surface area contributed by atoms with Crippen molar-refractivity contribution in [1.82, 2.24) is 0 Å². The van der Waals surface area contributed by atoms with Gasteiger partial charge in [0, 0.05) is 16.4 Å². The molecule has 0 aromatic carbocycles. The predicted molar refractivity (Wildman–Crippen MR) is 62.3 cm³/mol. The molecule has 0 bridgehead atoms. The molecule has 1 N–H and O–H groups in total. The third kappa shape index (κ3) is 1.96. The summed E-state index contributed by atoms with van der Waals surface area (Å²) in [6.07, 6.45) is 1.52. The number of aryl methyl sites for hydroxylation is 2. The van der Waals surface area contributed by atoms with Crippen molar-refractivity contribution in [3.05, 3.63) is 21.4 Å². The van der Waals surface area contributed by atoms with Crippen LogP contribution in [0.3, 0.4) is 0 Å². The van der Waals surface area contributed by atoms with E-state index in [-0.39, 0.29) is 5.60 Å². The van der Waals surface area contributed by atoms with Crippen LogP contribution in [0, 0.1) is 13.8 Å². The van der Waals surface area contributed by atoms with E-state index in [0.29, 0.717) is 0 Å². The van der Waals surface area contributed by atoms with Crippen LogP contribution in [0.1, 0.15) is 41.2 Å². The van der Waals surface area contributed by atoms with Gasteiger partial charge in [-0.25, -0.2) is 0 Å². The first-order chi connectivity index (χ1) is 7.03. The van der Waals surface area contributed by atoms with Gasteiger partial charge in [0.05, 0.1) is 5.60 Å². The molecule has 1 aromatic rings. The summed E-state index contributed by atoms with van der Waals surface area (Å²) in [6, 6.07) is 2.08. The van der Waals surface area contributed by atoms with Gasteiger partial charge in [-0.2, -0.15) is 0 Å². The van der Waals surface area contributed by atoms with Gasteiger partial charge in [0.15, 0.2) is 0 Å². The fourth-order valence-electron chi connectivity index (χ4n) is 2.27. The van der Waals surface area contributed by atoms with Gasteiger partial charge in [0.2, 0.25) is 0 Å². The van der Waals surface area contributed by atoms with Crippen molar-refractivity contribution >= 4 is 11.3 Å². The van der Waals surface area contributed by atoms with Crippen LogP contribution in [0.2, 0.25) is 0 Å². The third-order valence-electron chi connectivity index (χ3n) is 3.20. The lowest BCUT2D eigenvalue weighted by molar-refractivity contribution is -0.0796. The highest BCUT2D eigenvalue weighted by molar-refractivity contribution is 7.12. The Morgan fingerprint density at radius 3 is 2.73 bits per heavy atom. The van der Waals surface area contributed by atoms with Crippen LogP contribution in [0.5, 0.6) is 0 Å². The molecule has 15 heavy (non-hydrogen) atoms. The van der Waals surface area contributed by atoms with Crippen molar-refractivity contribution in [2.24, 2.45) is 0 Å². The van der Waals surface area contributed by atoms with E-state index in [1.807, 2.05) is 6.92 Å². The lowest BCUT2D eigenvalue weighted by atomic mass is 9.90. The zero-order valence-electron chi connectivity index (χ0n) is 9.54. The maximum absolute atomic E-state index is 10.4. The van der Waals surface area contributed by atoms with Gasteiger partial charge >= 0.3 is 0 Å². The van der Waals surface area contributed by atoms with Crippen molar-refractivity contribution in [1.29, 1.82) is 0 Å². The summed E-state index contributed by atoms with van der Waals surface area (Å²) in [5.41, 5.74) is 0.667. The van der Waals surface area contributed by atoms with E-state index in [1.54, 1.807) is 11.3 Å². The van der Waals surface area contributed by atoms with Crippen LogP contribution in [-0.2, 0) is 4.74 Å². The quantitative estimate of drug-likeness (QED) is 0.840. The van der Waals surface area contributed by atoms with Gasteiger partial charge in [-0.3, -0.25) is 0 Å². The molecule has 1 aliphatic rings. The first kappa shape index (κ1) is 11.1. The van der Waals surface area contributed by atoms with Crippen LogP contribution in [0.15, 0.2) is 6.07 Å². The Balaban J connectivity index is 2.27. The molecule has 2 atom stereocenters. The van der Waals surface area contributed by atoms with E-state index in [9.17, 15) is 5.11 Å². The van der Waals surface area contributed by atoms with Crippen molar-refractivity contribution in [2.75, 3.05) is 6.61 Å². The molecule has 2 unspecified atom stereocenters. The van der Waals surface area contributed by atoms with E-state index in [1.165, 1.54) is 9.75 Å². The Morgan fingerprint density at radius 2 is 2.27 bits per heavy atom. The Kier molecular flexibility index (Phi) is 2.88. The van der Waals surface area contributed by atoms with Crippen molar-refractivity contribution in [3.63, 3.8) is 0 Å². The van der Waals surface area contributed by atoms with E-state index < -0.39 is 6.10 Å². The standard InChI is InChI=1S/C12H18O2S/c1-8-7-10(9(2)15-8)11(13)12(3)5-4-6-14-12/h7,11,13H,4-6H2,1-3H3. The number of aliphatic hydroxyl groups excluding tert-OH is 1. The number of ether oxygens (including phenoxy) is 1. The second kappa shape index (κ2) is 3.89. The Labute approximate surface area is 94.9 Å². The monoisotopic (exact) mass is 226 g/mol. The minimum absolute atomic E-state index is 0.377. The minimum Gasteiger partial charge on any atom is -0.385 e. The molecular weight excluding hydrogens is 208 g/mol. The summed E-state index contributed by atoms with van der Waals surface area (Å²) in [5.74, 6) is 0. The molecule has 2 rings (SSSR count). The van der Waals surface area contributed by atoms with Gasteiger partial charge in [0.25, 0.3) is 0 Å². The van der Waals surface area contributed by atoms with E-state index in [4.69, 9.17) is 4.74 Å². The molecule has 0 aliphatic carbocycles. The molecule has 1 aromatic heterocycles. The normalized spacial score (nSPS) is 28.3. The molecular formula is C12H18O2S. The molecule has 0 amide bonds. The van der Waals surface area contributed by atoms with Crippen LogP contribution >= 0.6 is 11.3 Å². The molecule has 0 spiro atoms. The van der Waals surface area contributed by atoms with Gasteiger partial charge in [-0.05, 0) is 45.2 Å². The fraction of sp³-hybridized carbons (Fsp3) is 0.667. The SMILES string of the molecule is Cc1cc(C(O)C2(C)CCCO2)c(C)s1. The minimum atomic E-state index is -0.482. The second-order valence-corrected chi connectivity index (χ2v) is 6.00. The molecule has 0 saturated carbocycles. The predicted octanol–water partition coefficient (Wildman–Crippen LogP) is 2.97. The summed E-state index contributed by atoms with van der Waals surface area (Å²) in [5, 5.41) is 10.4. The molecule has 1 fully saturated rings. The Bertz CT molecular complexity index is 351. The average Bonchev–Trinajstić information content (AvgIpc) is 2.73. The van der Waals surface area contributed by atoms with Crippen LogP contribution in [0.25, 0.3) is 0 Å². The number of hydrogen-bond acceptors (Lipinski definition) is 3. The highest BCUT2D eigenvalue weighted by atomic mass is 32.1. The van der Waals surface area contributed by atoms with Crippen LogP contribution < -0.4 is 0 Å². The van der Waals surface area contributed by atoms with Gasteiger partial charge < -0.3 is 9.84 Å². The largest absolute Gasteiger partial charge is 0.385 e. The Hall–Kier alpha value is -0.380. The topological polar surface area (TPSA) is 29.5 Å². The maximum Gasteiger partial charge on any atom is 0.109 e. The van der Waals surface area contributed by atoms with E-state index >= 15 is 0 Å². The summed E-state index contributed by atoms with van der Waals surface area (Å²) in [4.78, 5) is 2.46. The van der Waals surface area contributed by atoms with Crippen molar-refractivity contribution in [2.45, 2.75) is 45.3 Å². The number of hydrogen-bond donors (Lipinski definition) is 1. The fourth-order valence-corrected chi connectivity index (χ4v) is 3.22. The summed E-state index contributed by atoms with van der Waals surface area (Å²) >= 11 is 1.74. The average molecular weight is 226 g/mol. The lowest BCUT2D eigenvalue weighted by Crippen LogP contribution is -2.32. The molecule has 0 radical (unpaired) electrons. The molecule has 2 heterocycles. The van der Waals surface area contributed by atoms with Crippen molar-refractivity contribution < 1.29 is 9.84 Å². The summed E-state index contributed by atoms with van der Waals surface area (Å²) in [6.45, 7) is 6.92. The first-order valence-electron chi connectivity index (χ1n) is 5.42. The smallest absolute Gasteiger partial charge is 0.109 e. The van der Waals surface area contributed by atoms with E-state index in [2.05, 4.69) is 19.9 Å². The second-order valence-electron chi connectivity index (χ2n) is 4.54. The first-order valence-corrected chi connectivity index (χ1v) is 6.23. The molecule has 2 nitrogen and oxygen atoms in total. The molecule has 84 valence electrons. The van der Waals surface area contributed by atoms with Gasteiger partial charge in [0.1, 0.15) is 6.10 Å². The molecule has 1 aliphatic heterocycles. The van der Waals surface area contributed by atoms with E-state index in [0.717, 1.165) is 25.0 Å². The number of rotatable bonds is 2. The summed E-state index contributed by atoms with van der Waals surface area (Å²) < 4.78 is 5.68. The zero-order chi connectivity index (χ0) is 11.1. The molecule has 3 heteroatoms. The Morgan fingerprint density at radius 1 is 1.53 bits per heavy atom. The van der Waals surface area contributed by atoms with Gasteiger partial charge in [-0.15, -0.1) is 11.3 Å². The third-order valence-corrected chi connectivity index (χ3v) is 4.18. The van der Waals surface area contributed by atoms with Gasteiger partial charge in [-0.1, -0.05) is 0 Å². The van der Waals surface area contributed by atoms with Crippen LogP contribution in [0.4, 0.5) is 0 Å². The van der Waals surface area contributed by atoms with Crippen LogP contribution in [-0.4, -0.2) is 17.3 Å². The lowest BCUT2D eigenvalue weighted by Gasteiger charge is -2.29. The molecule has 1 saturated heterocycles. The highest BCUT2D eigenvalue weighted by Gasteiger charge is 2.39. The number of aliphatic hydroxyl groups is 1.